The van der Waals surface area contributed by atoms with Gasteiger partial charge < -0.3 is 16.4 Å². The van der Waals surface area contributed by atoms with Crippen molar-refractivity contribution in [2.75, 3.05) is 24.1 Å². The number of hydrogen-bond donors (Lipinski definition) is 3. The number of hydrogen-bond acceptors (Lipinski definition) is 7. The monoisotopic (exact) mass is 310 g/mol. The molecule has 1 aromatic carbocycles. The molecule has 0 bridgehead atoms. The zero-order valence-electron chi connectivity index (χ0n) is 12.8. The van der Waals surface area contributed by atoms with Gasteiger partial charge in [0, 0.05) is 12.6 Å². The number of imidazole rings is 1. The number of aryl methyl sites for hydroxylation is 1. The first-order valence-electron chi connectivity index (χ1n) is 7.64. The maximum atomic E-state index is 5.80. The predicted octanol–water partition coefficient (Wildman–Crippen LogP) is 0.875. The summed E-state index contributed by atoms with van der Waals surface area (Å²) in [6.07, 6.45) is 1.06. The maximum Gasteiger partial charge on any atom is 0.242 e. The lowest BCUT2D eigenvalue weighted by atomic mass is 10.3. The van der Waals surface area contributed by atoms with Crippen LogP contribution in [0.4, 0.5) is 11.9 Å². The highest BCUT2D eigenvalue weighted by Crippen LogP contribution is 2.24. The van der Waals surface area contributed by atoms with Gasteiger partial charge in [0.2, 0.25) is 17.8 Å². The van der Waals surface area contributed by atoms with Gasteiger partial charge >= 0.3 is 0 Å². The van der Waals surface area contributed by atoms with Crippen LogP contribution in [0.3, 0.4) is 0 Å². The Kier molecular flexibility index (Phi) is 3.30. The third kappa shape index (κ3) is 2.57. The molecule has 118 valence electrons. The molecule has 1 atom stereocenters. The summed E-state index contributed by atoms with van der Waals surface area (Å²) in [5.41, 5.74) is 7.62. The first kappa shape index (κ1) is 13.9. The minimum Gasteiger partial charge on any atom is -0.368 e. The van der Waals surface area contributed by atoms with Gasteiger partial charge in [-0.05, 0) is 32.0 Å². The number of anilines is 2. The van der Waals surface area contributed by atoms with Crippen LogP contribution in [0.5, 0.6) is 0 Å². The van der Waals surface area contributed by atoms with Gasteiger partial charge in [-0.2, -0.15) is 15.0 Å². The summed E-state index contributed by atoms with van der Waals surface area (Å²) >= 11 is 0. The van der Waals surface area contributed by atoms with Crippen molar-refractivity contribution in [2.24, 2.45) is 0 Å². The van der Waals surface area contributed by atoms with Gasteiger partial charge in [-0.3, -0.25) is 0 Å². The van der Waals surface area contributed by atoms with E-state index in [2.05, 4.69) is 25.6 Å². The van der Waals surface area contributed by atoms with Gasteiger partial charge in [0.05, 0.1) is 11.0 Å². The van der Waals surface area contributed by atoms with E-state index in [1.165, 1.54) is 0 Å². The fraction of sp³-hybridized carbons (Fsp3) is 0.333. The minimum atomic E-state index is 0.207. The van der Waals surface area contributed by atoms with E-state index in [0.29, 0.717) is 17.8 Å². The summed E-state index contributed by atoms with van der Waals surface area (Å²) in [5.74, 6) is 2.00. The van der Waals surface area contributed by atoms with Gasteiger partial charge in [0.15, 0.2) is 0 Å². The molecular formula is C15H18N8. The van der Waals surface area contributed by atoms with Gasteiger partial charge in [-0.1, -0.05) is 12.1 Å². The molecule has 3 heterocycles. The van der Waals surface area contributed by atoms with Gasteiger partial charge in [0.25, 0.3) is 0 Å². The highest BCUT2D eigenvalue weighted by atomic mass is 15.3. The highest BCUT2D eigenvalue weighted by molar-refractivity contribution is 5.80. The number of nitrogens with two attached hydrogens (primary N) is 1. The van der Waals surface area contributed by atoms with Crippen molar-refractivity contribution in [3.8, 4) is 5.95 Å². The first-order valence-corrected chi connectivity index (χ1v) is 7.64. The fourth-order valence-electron chi connectivity index (χ4n) is 2.87. The van der Waals surface area contributed by atoms with E-state index in [1.807, 2.05) is 28.8 Å². The summed E-state index contributed by atoms with van der Waals surface area (Å²) in [4.78, 5) is 17.5. The topological polar surface area (TPSA) is 107 Å². The number of rotatable bonds is 3. The molecule has 1 fully saturated rings. The molecule has 1 aliphatic rings. The zero-order valence-corrected chi connectivity index (χ0v) is 12.8. The molecule has 8 nitrogen and oxygen atoms in total. The lowest BCUT2D eigenvalue weighted by molar-refractivity contribution is 0.771. The molecule has 2 aromatic heterocycles. The standard InChI is InChI=1S/C15H18N8/c1-9-18-13(16)22-14(19-9)23-12-5-3-2-4-11(12)21-15(23)20-10-6-7-17-8-10/h2-5,10,17H,6-8H2,1H3,(H,20,21)(H2,16,18,19,22). The Morgan fingerprint density at radius 2 is 2.09 bits per heavy atom. The fourth-order valence-corrected chi connectivity index (χ4v) is 2.87. The van der Waals surface area contributed by atoms with Crippen molar-refractivity contribution in [3.05, 3.63) is 30.1 Å². The van der Waals surface area contributed by atoms with Crippen LogP contribution in [-0.2, 0) is 0 Å². The Morgan fingerprint density at radius 1 is 1.22 bits per heavy atom. The molecule has 23 heavy (non-hydrogen) atoms. The van der Waals surface area contributed by atoms with Crippen LogP contribution in [-0.4, -0.2) is 43.6 Å². The Labute approximate surface area is 133 Å². The molecular weight excluding hydrogens is 292 g/mol. The molecule has 4 N–H and O–H groups in total. The largest absolute Gasteiger partial charge is 0.368 e. The van der Waals surface area contributed by atoms with E-state index in [9.17, 15) is 0 Å². The second-order valence-corrected chi connectivity index (χ2v) is 5.63. The number of para-hydroxylation sites is 2. The zero-order chi connectivity index (χ0) is 15.8. The van der Waals surface area contributed by atoms with Crippen LogP contribution in [0, 0.1) is 6.92 Å². The molecule has 0 saturated carbocycles. The van der Waals surface area contributed by atoms with E-state index in [4.69, 9.17) is 10.7 Å². The summed E-state index contributed by atoms with van der Waals surface area (Å²) in [6, 6.07) is 8.24. The van der Waals surface area contributed by atoms with Crippen LogP contribution in [0.15, 0.2) is 24.3 Å². The molecule has 1 saturated heterocycles. The molecule has 0 amide bonds. The first-order chi connectivity index (χ1) is 11.2. The third-order valence-corrected chi connectivity index (χ3v) is 3.91. The predicted molar refractivity (Wildman–Crippen MR) is 88.5 cm³/mol. The molecule has 0 aliphatic carbocycles. The number of nitrogens with zero attached hydrogens (tertiary/aromatic N) is 5. The number of benzene rings is 1. The molecule has 0 radical (unpaired) electrons. The van der Waals surface area contributed by atoms with E-state index < -0.39 is 0 Å². The molecule has 8 heteroatoms. The average molecular weight is 310 g/mol. The van der Waals surface area contributed by atoms with E-state index in [-0.39, 0.29) is 5.95 Å². The molecule has 3 aromatic rings. The smallest absolute Gasteiger partial charge is 0.242 e. The summed E-state index contributed by atoms with van der Waals surface area (Å²) in [5, 5.41) is 6.83. The van der Waals surface area contributed by atoms with Crippen LogP contribution in [0.2, 0.25) is 0 Å². The Morgan fingerprint density at radius 3 is 2.87 bits per heavy atom. The second kappa shape index (κ2) is 5.47. The maximum absolute atomic E-state index is 5.80. The highest BCUT2D eigenvalue weighted by Gasteiger charge is 2.20. The van der Waals surface area contributed by atoms with Crippen molar-refractivity contribution >= 4 is 22.9 Å². The van der Waals surface area contributed by atoms with E-state index >= 15 is 0 Å². The van der Waals surface area contributed by atoms with Crippen LogP contribution in [0.1, 0.15) is 12.2 Å². The number of aromatic nitrogens is 5. The van der Waals surface area contributed by atoms with Crippen LogP contribution >= 0.6 is 0 Å². The van der Waals surface area contributed by atoms with Gasteiger partial charge in [-0.25, -0.2) is 9.55 Å². The normalized spacial score (nSPS) is 17.7. The van der Waals surface area contributed by atoms with Crippen molar-refractivity contribution in [3.63, 3.8) is 0 Å². The van der Waals surface area contributed by atoms with Gasteiger partial charge in [0.1, 0.15) is 5.82 Å². The SMILES string of the molecule is Cc1nc(N)nc(-n2c(NC3CCNC3)nc3ccccc32)n1. The Balaban J connectivity index is 1.87. The Bertz CT molecular complexity index is 830. The number of nitrogen functional groups attached to an aromatic ring is 1. The molecule has 4 rings (SSSR count). The lowest BCUT2D eigenvalue weighted by Crippen LogP contribution is -2.24. The lowest BCUT2D eigenvalue weighted by Gasteiger charge is -2.14. The Hall–Kier alpha value is -2.74. The molecule has 1 aliphatic heterocycles. The van der Waals surface area contributed by atoms with Crippen molar-refractivity contribution in [1.29, 1.82) is 0 Å². The minimum absolute atomic E-state index is 0.207. The van der Waals surface area contributed by atoms with Crippen molar-refractivity contribution < 1.29 is 0 Å². The quantitative estimate of drug-likeness (QED) is 0.659. The average Bonchev–Trinajstić information content (AvgIpc) is 3.13. The van der Waals surface area contributed by atoms with Gasteiger partial charge in [-0.15, -0.1) is 0 Å². The van der Waals surface area contributed by atoms with Crippen LogP contribution < -0.4 is 16.4 Å². The van der Waals surface area contributed by atoms with E-state index in [0.717, 1.165) is 36.5 Å². The number of fused-ring (bicyclic) bond motifs is 1. The van der Waals surface area contributed by atoms with Crippen molar-refractivity contribution in [1.82, 2.24) is 29.8 Å². The summed E-state index contributed by atoms with van der Waals surface area (Å²) in [6.45, 7) is 3.73. The molecule has 0 spiro atoms. The van der Waals surface area contributed by atoms with Crippen LogP contribution in [0.25, 0.3) is 17.0 Å². The third-order valence-electron chi connectivity index (χ3n) is 3.91. The van der Waals surface area contributed by atoms with E-state index in [1.54, 1.807) is 6.92 Å². The summed E-state index contributed by atoms with van der Waals surface area (Å²) in [7, 11) is 0. The van der Waals surface area contributed by atoms with Crippen molar-refractivity contribution in [2.45, 2.75) is 19.4 Å². The summed E-state index contributed by atoms with van der Waals surface area (Å²) < 4.78 is 1.90. The number of nitrogens with one attached hydrogen (secondary N) is 2. The molecule has 1 unspecified atom stereocenters. The second-order valence-electron chi connectivity index (χ2n) is 5.63.